The van der Waals surface area contributed by atoms with Gasteiger partial charge in [-0.2, -0.15) is 5.26 Å². The van der Waals surface area contributed by atoms with Crippen LogP contribution in [-0.4, -0.2) is 17.2 Å². The summed E-state index contributed by atoms with van der Waals surface area (Å²) in [5, 5.41) is 19.4. The Morgan fingerprint density at radius 2 is 0.824 bits per heavy atom. The van der Waals surface area contributed by atoms with Gasteiger partial charge in [-0.1, -0.05) is 146 Å². The minimum atomic E-state index is -2.86. The second kappa shape index (κ2) is 16.7. The summed E-state index contributed by atoms with van der Waals surface area (Å²) < 4.78 is 4.59. The van der Waals surface area contributed by atoms with Crippen molar-refractivity contribution in [3.8, 4) is 17.4 Å². The van der Waals surface area contributed by atoms with Crippen LogP contribution in [0.4, 0.5) is 22.7 Å². The zero-order chi connectivity index (χ0) is 45.6. The molecule has 5 nitrogen and oxygen atoms in total. The smallest absolute Gasteiger partial charge is 0.188 e. The van der Waals surface area contributed by atoms with Crippen LogP contribution in [0.3, 0.4) is 0 Å². The van der Waals surface area contributed by atoms with E-state index in [1.807, 2.05) is 24.3 Å². The van der Waals surface area contributed by atoms with Crippen LogP contribution in [0.15, 0.2) is 249 Å². The fraction of sp³-hybridized carbons (Fsp3) is 0. The van der Waals surface area contributed by atoms with E-state index in [0.29, 0.717) is 11.3 Å². The van der Waals surface area contributed by atoms with Gasteiger partial charge in [-0.05, 0) is 129 Å². The van der Waals surface area contributed by atoms with Crippen molar-refractivity contribution >= 4 is 95.2 Å². The largest absolute Gasteiger partial charge is 0.311 e. The van der Waals surface area contributed by atoms with Gasteiger partial charge in [0.15, 0.2) is 13.8 Å². The summed E-state index contributed by atoms with van der Waals surface area (Å²) in [6.07, 6.45) is 0. The van der Waals surface area contributed by atoms with Crippen molar-refractivity contribution in [1.82, 2.24) is 9.13 Å². The van der Waals surface area contributed by atoms with Gasteiger partial charge in [-0.25, -0.2) is 4.85 Å². The summed E-state index contributed by atoms with van der Waals surface area (Å²) in [5.74, 6) is 0. The molecule has 10 aromatic carbocycles. The van der Waals surface area contributed by atoms with Crippen molar-refractivity contribution in [1.29, 1.82) is 5.26 Å². The Hall–Kier alpha value is -9.20. The zero-order valence-electron chi connectivity index (χ0n) is 36.9. The van der Waals surface area contributed by atoms with E-state index in [-0.39, 0.29) is 0 Å². The molecule has 0 N–H and O–H groups in total. The van der Waals surface area contributed by atoms with Gasteiger partial charge >= 0.3 is 0 Å². The third kappa shape index (κ3) is 6.51. The fourth-order valence-corrected chi connectivity index (χ4v) is 15.3. The highest BCUT2D eigenvalue weighted by atomic mass is 28.3. The lowest BCUT2D eigenvalue weighted by Gasteiger charge is -2.35. The Morgan fingerprint density at radius 1 is 0.382 bits per heavy atom. The molecule has 0 radical (unpaired) electrons. The molecule has 0 fully saturated rings. The third-order valence-corrected chi connectivity index (χ3v) is 18.3. The molecule has 0 saturated carbocycles. The van der Waals surface area contributed by atoms with E-state index in [9.17, 15) is 5.26 Å². The maximum atomic E-state index is 9.79. The van der Waals surface area contributed by atoms with E-state index in [0.717, 1.165) is 72.0 Å². The van der Waals surface area contributed by atoms with Crippen molar-refractivity contribution in [3.05, 3.63) is 266 Å². The van der Waals surface area contributed by atoms with Crippen LogP contribution in [0.25, 0.3) is 59.8 Å². The van der Waals surface area contributed by atoms with Crippen LogP contribution in [0.5, 0.6) is 0 Å². The first-order valence-corrected chi connectivity index (χ1v) is 24.8. The Bertz CT molecular complexity index is 3650. The second-order valence-electron chi connectivity index (χ2n) is 17.1. The van der Waals surface area contributed by atoms with E-state index in [2.05, 4.69) is 249 Å². The Labute approximate surface area is 395 Å². The lowest BCUT2D eigenvalue weighted by molar-refractivity contribution is 1.17. The number of hydrogen-bond donors (Lipinski definition) is 0. The highest BCUT2D eigenvalue weighted by molar-refractivity contribution is 7.19. The van der Waals surface area contributed by atoms with Crippen molar-refractivity contribution in [3.63, 3.8) is 0 Å². The quantitative estimate of drug-likeness (QED) is 0.0823. The van der Waals surface area contributed by atoms with Gasteiger partial charge in [0.1, 0.15) is 0 Å². The van der Waals surface area contributed by atoms with Gasteiger partial charge in [0.2, 0.25) is 0 Å². The topological polar surface area (TPSA) is 41.2 Å². The monoisotopic (exact) mass is 883 g/mol. The van der Waals surface area contributed by atoms with Crippen LogP contribution >= 0.6 is 0 Å². The molecule has 0 aliphatic rings. The number of hydrogen-bond acceptors (Lipinski definition) is 2. The van der Waals surface area contributed by atoms with Crippen molar-refractivity contribution < 1.29 is 0 Å². The lowest BCUT2D eigenvalue weighted by atomic mass is 10.1. The van der Waals surface area contributed by atoms with Crippen LogP contribution < -0.4 is 25.6 Å². The van der Waals surface area contributed by atoms with Gasteiger partial charge < -0.3 is 14.0 Å². The van der Waals surface area contributed by atoms with Crippen LogP contribution in [0.1, 0.15) is 5.56 Å². The molecule has 68 heavy (non-hydrogen) atoms. The third-order valence-electron chi connectivity index (χ3n) is 13.5. The molecule has 0 amide bonds. The minimum absolute atomic E-state index is 0.629. The van der Waals surface area contributed by atoms with Crippen LogP contribution in [0.2, 0.25) is 0 Å². The van der Waals surface area contributed by atoms with Crippen molar-refractivity contribution in [2.75, 3.05) is 4.90 Å². The van der Waals surface area contributed by atoms with Crippen LogP contribution in [0, 0.1) is 17.9 Å². The fourth-order valence-electron chi connectivity index (χ4n) is 10.5. The minimum Gasteiger partial charge on any atom is -0.311 e. The summed E-state index contributed by atoms with van der Waals surface area (Å²) in [5.41, 5.74) is 10.7. The van der Waals surface area contributed by atoms with E-state index in [4.69, 9.17) is 6.57 Å². The molecule has 0 saturated heterocycles. The average molecular weight is 884 g/mol. The van der Waals surface area contributed by atoms with E-state index in [1.54, 1.807) is 0 Å². The Morgan fingerprint density at radius 3 is 1.32 bits per heavy atom. The SMILES string of the molecule is [C-]#[N+]c1ccc2c(c1)c1ccccc1n2-c1ccc(N(c2ccc(-n3c4ccccc4c4cc(C#N)ccc43)cc2)c2cccc([Si](c3ccccc3)(c3ccccc3)c3ccccc3)c2)cc1. The van der Waals surface area contributed by atoms with Crippen molar-refractivity contribution in [2.24, 2.45) is 0 Å². The Balaban J connectivity index is 1.05. The number of rotatable bonds is 9. The molecule has 12 rings (SSSR count). The summed E-state index contributed by atoms with van der Waals surface area (Å²) >= 11 is 0. The molecular formula is C62H41N5Si. The molecule has 0 unspecified atom stereocenters. The number of benzene rings is 10. The maximum absolute atomic E-state index is 9.79. The summed E-state index contributed by atoms with van der Waals surface area (Å²) in [6.45, 7) is 7.71. The summed E-state index contributed by atoms with van der Waals surface area (Å²) in [7, 11) is -2.86. The average Bonchev–Trinajstić information content (AvgIpc) is 3.92. The van der Waals surface area contributed by atoms with E-state index in [1.165, 1.54) is 20.7 Å². The number of nitrogens with zero attached hydrogens (tertiary/aromatic N) is 5. The Kier molecular flexibility index (Phi) is 9.88. The van der Waals surface area contributed by atoms with Gasteiger partial charge in [0.05, 0.1) is 40.3 Å². The number of nitriles is 1. The number of anilines is 3. The van der Waals surface area contributed by atoms with Gasteiger partial charge in [-0.15, -0.1) is 0 Å². The molecule has 0 atom stereocenters. The van der Waals surface area contributed by atoms with Gasteiger partial charge in [0, 0.05) is 44.6 Å². The highest BCUT2D eigenvalue weighted by Gasteiger charge is 2.41. The number of fused-ring (bicyclic) bond motifs is 6. The van der Waals surface area contributed by atoms with E-state index < -0.39 is 8.07 Å². The molecule has 6 heteroatoms. The molecular weight excluding hydrogens is 843 g/mol. The van der Waals surface area contributed by atoms with Crippen molar-refractivity contribution in [2.45, 2.75) is 0 Å². The summed E-state index contributed by atoms with van der Waals surface area (Å²) in [6, 6.07) is 91.2. The summed E-state index contributed by atoms with van der Waals surface area (Å²) in [4.78, 5) is 6.12. The highest BCUT2D eigenvalue weighted by Crippen LogP contribution is 2.39. The predicted molar refractivity (Wildman–Crippen MR) is 284 cm³/mol. The standard InChI is InChI=1S/C62H41N5Si/c1-64-45-29-39-62-58(41-45)56-25-12-14-27-60(56)67(62)49-36-32-47(33-37-49)65(46-30-34-48(35-31-46)66-59-26-13-11-24-55(59)57-40-44(43-63)28-38-61(57)66)50-16-15-23-54(42-50)68(51-17-5-2-6-18-51,52-19-7-3-8-20-52)53-21-9-4-10-22-53/h2-42H. The maximum Gasteiger partial charge on any atom is 0.188 e. The van der Waals surface area contributed by atoms with Gasteiger partial charge in [0.25, 0.3) is 0 Å². The molecule has 0 bridgehead atoms. The molecule has 2 heterocycles. The molecule has 0 aliphatic carbocycles. The zero-order valence-corrected chi connectivity index (χ0v) is 37.9. The van der Waals surface area contributed by atoms with E-state index >= 15 is 0 Å². The molecule has 12 aromatic rings. The molecule has 0 aliphatic heterocycles. The van der Waals surface area contributed by atoms with Crippen LogP contribution in [-0.2, 0) is 0 Å². The molecule has 0 spiro atoms. The predicted octanol–water partition coefficient (Wildman–Crippen LogP) is 13.2. The molecule has 2 aromatic heterocycles. The van der Waals surface area contributed by atoms with Gasteiger partial charge in [-0.3, -0.25) is 0 Å². The first-order valence-electron chi connectivity index (χ1n) is 22.8. The first-order chi connectivity index (χ1) is 33.6. The second-order valence-corrected chi connectivity index (χ2v) is 20.9. The number of aromatic nitrogens is 2. The lowest BCUT2D eigenvalue weighted by Crippen LogP contribution is -2.74. The first kappa shape index (κ1) is 40.3. The normalized spacial score (nSPS) is 11.5. The number of para-hydroxylation sites is 2. The molecule has 318 valence electrons.